The summed E-state index contributed by atoms with van der Waals surface area (Å²) in [5.41, 5.74) is 1.05. The Balaban J connectivity index is 2.07. The number of aliphatic hydroxyl groups excluding tert-OH is 1. The third-order valence-corrected chi connectivity index (χ3v) is 4.08. The molecule has 0 radical (unpaired) electrons. The first kappa shape index (κ1) is 11.0. The van der Waals surface area contributed by atoms with E-state index >= 15 is 0 Å². The molecular weight excluding hydrogens is 208 g/mol. The monoisotopic (exact) mass is 226 g/mol. The third-order valence-electron chi connectivity index (χ3n) is 3.06. The number of hydrogen-bond acceptors (Lipinski definition) is 4. The van der Waals surface area contributed by atoms with Crippen molar-refractivity contribution in [3.05, 3.63) is 16.1 Å². The van der Waals surface area contributed by atoms with Crippen molar-refractivity contribution in [3.8, 4) is 0 Å². The van der Waals surface area contributed by atoms with Gasteiger partial charge in [0.05, 0.1) is 17.3 Å². The molecule has 1 saturated heterocycles. The number of aliphatic hydroxyl groups is 1. The van der Waals surface area contributed by atoms with Gasteiger partial charge < -0.3 is 10.0 Å². The number of likely N-dealkylation sites (N-methyl/N-ethyl adjacent to an activating group) is 1. The molecule has 84 valence electrons. The lowest BCUT2D eigenvalue weighted by atomic mass is 10.1. The highest BCUT2D eigenvalue weighted by molar-refractivity contribution is 7.09. The summed E-state index contributed by atoms with van der Waals surface area (Å²) in [6.07, 6.45) is 1.22. The molecule has 1 fully saturated rings. The van der Waals surface area contributed by atoms with Crippen molar-refractivity contribution in [3.63, 3.8) is 0 Å². The summed E-state index contributed by atoms with van der Waals surface area (Å²) in [5.74, 6) is 0.786. The Morgan fingerprint density at radius 1 is 1.73 bits per heavy atom. The van der Waals surface area contributed by atoms with Crippen LogP contribution >= 0.6 is 11.3 Å². The molecule has 0 amide bonds. The van der Waals surface area contributed by atoms with Gasteiger partial charge in [-0.2, -0.15) is 0 Å². The molecule has 2 heterocycles. The second kappa shape index (κ2) is 4.60. The van der Waals surface area contributed by atoms with Gasteiger partial charge in [-0.3, -0.25) is 0 Å². The molecule has 2 rings (SSSR count). The largest absolute Gasteiger partial charge is 0.396 e. The van der Waals surface area contributed by atoms with Crippen molar-refractivity contribution in [2.75, 3.05) is 26.7 Å². The van der Waals surface area contributed by atoms with Crippen LogP contribution in [0.5, 0.6) is 0 Å². The third kappa shape index (κ3) is 2.38. The first-order valence-corrected chi connectivity index (χ1v) is 6.33. The topological polar surface area (TPSA) is 36.4 Å². The minimum atomic E-state index is 0.175. The van der Waals surface area contributed by atoms with E-state index in [-0.39, 0.29) is 12.5 Å². The summed E-state index contributed by atoms with van der Waals surface area (Å²) >= 11 is 1.74. The molecule has 15 heavy (non-hydrogen) atoms. The Morgan fingerprint density at radius 2 is 2.53 bits per heavy atom. The molecule has 2 atom stereocenters. The number of aromatic nitrogens is 1. The van der Waals surface area contributed by atoms with Crippen LogP contribution in [0, 0.1) is 0 Å². The number of hydrogen-bond donors (Lipinski definition) is 1. The predicted molar refractivity (Wildman–Crippen MR) is 62.5 cm³/mol. The molecule has 0 spiro atoms. The lowest BCUT2D eigenvalue weighted by molar-refractivity contribution is 0.271. The summed E-state index contributed by atoms with van der Waals surface area (Å²) in [6, 6.07) is 0. The van der Waals surface area contributed by atoms with Gasteiger partial charge in [-0.25, -0.2) is 4.98 Å². The second-order valence-electron chi connectivity index (χ2n) is 4.44. The normalized spacial score (nSPS) is 24.6. The van der Waals surface area contributed by atoms with Crippen LogP contribution < -0.4 is 0 Å². The van der Waals surface area contributed by atoms with Gasteiger partial charge in [0.25, 0.3) is 0 Å². The molecule has 0 saturated carbocycles. The summed E-state index contributed by atoms with van der Waals surface area (Å²) in [4.78, 5) is 6.98. The van der Waals surface area contributed by atoms with Crippen LogP contribution in [-0.2, 0) is 0 Å². The van der Waals surface area contributed by atoms with Crippen LogP contribution in [0.2, 0.25) is 0 Å². The van der Waals surface area contributed by atoms with E-state index in [4.69, 9.17) is 5.11 Å². The molecule has 1 aromatic rings. The zero-order valence-electron chi connectivity index (χ0n) is 9.31. The van der Waals surface area contributed by atoms with Gasteiger partial charge in [0.2, 0.25) is 0 Å². The van der Waals surface area contributed by atoms with E-state index in [0.717, 1.165) is 12.2 Å². The van der Waals surface area contributed by atoms with E-state index in [1.165, 1.54) is 18.0 Å². The second-order valence-corrected chi connectivity index (χ2v) is 5.33. The van der Waals surface area contributed by atoms with Crippen LogP contribution in [0.4, 0.5) is 0 Å². The van der Waals surface area contributed by atoms with E-state index in [2.05, 4.69) is 22.3 Å². The van der Waals surface area contributed by atoms with Gasteiger partial charge in [0, 0.05) is 23.8 Å². The van der Waals surface area contributed by atoms with Gasteiger partial charge >= 0.3 is 0 Å². The molecule has 1 aromatic heterocycles. The fourth-order valence-electron chi connectivity index (χ4n) is 1.94. The van der Waals surface area contributed by atoms with E-state index in [1.54, 1.807) is 11.3 Å². The summed E-state index contributed by atoms with van der Waals surface area (Å²) in [6.45, 7) is 4.50. The van der Waals surface area contributed by atoms with Gasteiger partial charge in [-0.1, -0.05) is 6.92 Å². The Hall–Kier alpha value is -0.450. The number of rotatable bonds is 3. The van der Waals surface area contributed by atoms with Gasteiger partial charge in [0.15, 0.2) is 0 Å². The molecule has 0 bridgehead atoms. The van der Waals surface area contributed by atoms with Crippen LogP contribution in [0.25, 0.3) is 0 Å². The number of nitrogens with zero attached hydrogens (tertiary/aromatic N) is 2. The smallest absolute Gasteiger partial charge is 0.0972 e. The molecule has 0 aliphatic carbocycles. The average molecular weight is 226 g/mol. The zero-order valence-corrected chi connectivity index (χ0v) is 10.1. The van der Waals surface area contributed by atoms with Crippen LogP contribution in [0.15, 0.2) is 5.38 Å². The average Bonchev–Trinajstić information content (AvgIpc) is 2.84. The summed E-state index contributed by atoms with van der Waals surface area (Å²) < 4.78 is 0. The molecular formula is C11H18N2OS. The number of likely N-dealkylation sites (tertiary alicyclic amines) is 1. The van der Waals surface area contributed by atoms with Crippen LogP contribution in [0.3, 0.4) is 0 Å². The maximum absolute atomic E-state index is 9.06. The van der Waals surface area contributed by atoms with Gasteiger partial charge in [0.1, 0.15) is 0 Å². The minimum absolute atomic E-state index is 0.175. The van der Waals surface area contributed by atoms with Gasteiger partial charge in [-0.15, -0.1) is 11.3 Å². The molecule has 3 nitrogen and oxygen atoms in total. The van der Waals surface area contributed by atoms with Crippen LogP contribution in [0.1, 0.15) is 35.9 Å². The minimum Gasteiger partial charge on any atom is -0.396 e. The molecule has 1 aliphatic heterocycles. The van der Waals surface area contributed by atoms with Crippen molar-refractivity contribution in [1.29, 1.82) is 0 Å². The van der Waals surface area contributed by atoms with E-state index < -0.39 is 0 Å². The standard InChI is InChI=1S/C11H18N2OS/c1-8(6-14)10-7-15-11(12-10)9-3-4-13(2)5-9/h7-9,14H,3-6H2,1-2H3. The highest BCUT2D eigenvalue weighted by atomic mass is 32.1. The van der Waals surface area contributed by atoms with Crippen molar-refractivity contribution in [2.45, 2.75) is 25.2 Å². The Bertz CT molecular complexity index is 326. The lowest BCUT2D eigenvalue weighted by Crippen LogP contribution is -2.13. The highest BCUT2D eigenvalue weighted by Crippen LogP contribution is 2.30. The SMILES string of the molecule is CC(CO)c1csc(C2CCN(C)C2)n1. The van der Waals surface area contributed by atoms with E-state index in [1.807, 2.05) is 6.92 Å². The molecule has 0 aromatic carbocycles. The maximum atomic E-state index is 9.06. The summed E-state index contributed by atoms with van der Waals surface area (Å²) in [5, 5.41) is 12.4. The van der Waals surface area contributed by atoms with E-state index in [9.17, 15) is 0 Å². The Morgan fingerprint density at radius 3 is 3.13 bits per heavy atom. The Kier molecular flexibility index (Phi) is 3.38. The van der Waals surface area contributed by atoms with Crippen molar-refractivity contribution in [1.82, 2.24) is 9.88 Å². The predicted octanol–water partition coefficient (Wildman–Crippen LogP) is 1.66. The van der Waals surface area contributed by atoms with Crippen LogP contribution in [-0.4, -0.2) is 41.7 Å². The van der Waals surface area contributed by atoms with Crippen molar-refractivity contribution >= 4 is 11.3 Å². The lowest BCUT2D eigenvalue weighted by Gasteiger charge is -2.07. The molecule has 2 unspecified atom stereocenters. The molecule has 4 heteroatoms. The first-order chi connectivity index (χ1) is 7.20. The Labute approximate surface area is 94.8 Å². The first-order valence-electron chi connectivity index (χ1n) is 5.45. The quantitative estimate of drug-likeness (QED) is 0.851. The number of thiazole rings is 1. The molecule has 1 aliphatic rings. The van der Waals surface area contributed by atoms with Crippen molar-refractivity contribution < 1.29 is 5.11 Å². The zero-order chi connectivity index (χ0) is 10.8. The fraction of sp³-hybridized carbons (Fsp3) is 0.727. The fourth-order valence-corrected chi connectivity index (χ4v) is 3.01. The van der Waals surface area contributed by atoms with E-state index in [0.29, 0.717) is 5.92 Å². The maximum Gasteiger partial charge on any atom is 0.0972 e. The summed E-state index contributed by atoms with van der Waals surface area (Å²) in [7, 11) is 2.16. The van der Waals surface area contributed by atoms with Crippen molar-refractivity contribution in [2.24, 2.45) is 0 Å². The highest BCUT2D eigenvalue weighted by Gasteiger charge is 2.24. The molecule has 1 N–H and O–H groups in total. The van der Waals surface area contributed by atoms with Gasteiger partial charge in [-0.05, 0) is 20.0 Å².